The SMILES string of the molecule is O=C(NCC1CCCCC1C(=O)O)C1CCOC1. The first kappa shape index (κ1) is 13.3. The van der Waals surface area contributed by atoms with Crippen LogP contribution in [0.1, 0.15) is 32.1 Å². The van der Waals surface area contributed by atoms with Gasteiger partial charge in [0.25, 0.3) is 0 Å². The summed E-state index contributed by atoms with van der Waals surface area (Å²) in [5, 5.41) is 12.0. The van der Waals surface area contributed by atoms with Gasteiger partial charge in [-0.15, -0.1) is 0 Å². The molecule has 1 heterocycles. The Morgan fingerprint density at radius 1 is 1.22 bits per heavy atom. The average molecular weight is 255 g/mol. The van der Waals surface area contributed by atoms with Crippen LogP contribution in [-0.2, 0) is 14.3 Å². The number of hydrogen-bond donors (Lipinski definition) is 2. The minimum atomic E-state index is -0.724. The first-order valence-electron chi connectivity index (χ1n) is 6.76. The minimum Gasteiger partial charge on any atom is -0.481 e. The molecule has 3 atom stereocenters. The summed E-state index contributed by atoms with van der Waals surface area (Å²) in [7, 11) is 0. The Balaban J connectivity index is 1.80. The molecule has 0 spiro atoms. The number of ether oxygens (including phenoxy) is 1. The molecule has 1 amide bonds. The summed E-state index contributed by atoms with van der Waals surface area (Å²) in [6, 6.07) is 0. The van der Waals surface area contributed by atoms with Gasteiger partial charge < -0.3 is 15.2 Å². The van der Waals surface area contributed by atoms with Crippen LogP contribution in [0.25, 0.3) is 0 Å². The number of carboxylic acid groups (broad SMARTS) is 1. The van der Waals surface area contributed by atoms with Crippen LogP contribution in [0.15, 0.2) is 0 Å². The van der Waals surface area contributed by atoms with Gasteiger partial charge in [0.1, 0.15) is 0 Å². The number of carboxylic acids is 1. The van der Waals surface area contributed by atoms with Crippen molar-refractivity contribution >= 4 is 11.9 Å². The van der Waals surface area contributed by atoms with E-state index in [1.807, 2.05) is 0 Å². The smallest absolute Gasteiger partial charge is 0.306 e. The molecule has 0 radical (unpaired) electrons. The van der Waals surface area contributed by atoms with Crippen molar-refractivity contribution in [3.63, 3.8) is 0 Å². The van der Waals surface area contributed by atoms with E-state index in [0.717, 1.165) is 32.1 Å². The van der Waals surface area contributed by atoms with E-state index in [-0.39, 0.29) is 23.7 Å². The lowest BCUT2D eigenvalue weighted by Gasteiger charge is -2.28. The van der Waals surface area contributed by atoms with Gasteiger partial charge in [-0.3, -0.25) is 9.59 Å². The van der Waals surface area contributed by atoms with Crippen LogP contribution < -0.4 is 5.32 Å². The molecule has 2 rings (SSSR count). The van der Waals surface area contributed by atoms with Gasteiger partial charge in [-0.2, -0.15) is 0 Å². The zero-order valence-corrected chi connectivity index (χ0v) is 10.6. The Morgan fingerprint density at radius 2 is 2.00 bits per heavy atom. The summed E-state index contributed by atoms with van der Waals surface area (Å²) in [6.45, 7) is 1.64. The number of carbonyl (C=O) groups excluding carboxylic acids is 1. The van der Waals surface area contributed by atoms with Crippen molar-refractivity contribution in [2.24, 2.45) is 17.8 Å². The van der Waals surface area contributed by atoms with Crippen LogP contribution in [0.4, 0.5) is 0 Å². The molecule has 0 aromatic heterocycles. The molecular formula is C13H21NO4. The van der Waals surface area contributed by atoms with Gasteiger partial charge in [0.15, 0.2) is 0 Å². The molecule has 1 saturated heterocycles. The second kappa shape index (κ2) is 6.18. The largest absolute Gasteiger partial charge is 0.481 e. The first-order valence-corrected chi connectivity index (χ1v) is 6.76. The maximum absolute atomic E-state index is 11.8. The second-order valence-electron chi connectivity index (χ2n) is 5.29. The van der Waals surface area contributed by atoms with Gasteiger partial charge in [0.05, 0.1) is 18.4 Å². The number of aliphatic carboxylic acids is 1. The van der Waals surface area contributed by atoms with E-state index in [1.165, 1.54) is 0 Å². The van der Waals surface area contributed by atoms with Crippen molar-refractivity contribution in [2.75, 3.05) is 19.8 Å². The molecule has 3 unspecified atom stereocenters. The third-order valence-corrected chi connectivity index (χ3v) is 4.07. The van der Waals surface area contributed by atoms with Gasteiger partial charge in [0, 0.05) is 13.2 Å². The molecule has 5 nitrogen and oxygen atoms in total. The van der Waals surface area contributed by atoms with Crippen LogP contribution in [-0.4, -0.2) is 36.7 Å². The molecule has 0 aromatic rings. The number of nitrogens with one attached hydrogen (secondary N) is 1. The summed E-state index contributed by atoms with van der Waals surface area (Å²) < 4.78 is 5.17. The molecular weight excluding hydrogens is 234 g/mol. The molecule has 0 bridgehead atoms. The van der Waals surface area contributed by atoms with Gasteiger partial charge >= 0.3 is 5.97 Å². The predicted octanol–water partition coefficient (Wildman–Crippen LogP) is 1.03. The molecule has 18 heavy (non-hydrogen) atoms. The minimum absolute atomic E-state index is 0.0159. The van der Waals surface area contributed by atoms with Crippen molar-refractivity contribution in [1.29, 1.82) is 0 Å². The Kier molecular flexibility index (Phi) is 4.58. The molecule has 1 saturated carbocycles. The van der Waals surface area contributed by atoms with E-state index >= 15 is 0 Å². The Hall–Kier alpha value is -1.10. The zero-order valence-electron chi connectivity index (χ0n) is 10.6. The normalized spacial score (nSPS) is 32.1. The van der Waals surface area contributed by atoms with Gasteiger partial charge in [-0.1, -0.05) is 12.8 Å². The predicted molar refractivity (Wildman–Crippen MR) is 65.0 cm³/mol. The fourth-order valence-electron chi connectivity index (χ4n) is 2.89. The highest BCUT2D eigenvalue weighted by atomic mass is 16.5. The van der Waals surface area contributed by atoms with Gasteiger partial charge in [-0.05, 0) is 25.2 Å². The topological polar surface area (TPSA) is 75.6 Å². The van der Waals surface area contributed by atoms with Crippen LogP contribution in [0.3, 0.4) is 0 Å². The van der Waals surface area contributed by atoms with E-state index in [4.69, 9.17) is 9.84 Å². The Bertz CT molecular complexity index is 312. The molecule has 2 aliphatic rings. The van der Waals surface area contributed by atoms with Crippen LogP contribution >= 0.6 is 0 Å². The summed E-state index contributed by atoms with van der Waals surface area (Å²) in [4.78, 5) is 23.0. The molecule has 2 fully saturated rings. The van der Waals surface area contributed by atoms with Crippen LogP contribution in [0, 0.1) is 17.8 Å². The van der Waals surface area contributed by atoms with E-state index in [9.17, 15) is 9.59 Å². The van der Waals surface area contributed by atoms with Crippen molar-refractivity contribution < 1.29 is 19.4 Å². The number of carbonyl (C=O) groups is 2. The first-order chi connectivity index (χ1) is 8.68. The van der Waals surface area contributed by atoms with E-state index in [2.05, 4.69) is 5.32 Å². The van der Waals surface area contributed by atoms with Crippen molar-refractivity contribution in [3.05, 3.63) is 0 Å². The molecule has 0 aromatic carbocycles. The maximum atomic E-state index is 11.8. The molecule has 1 aliphatic carbocycles. The number of rotatable bonds is 4. The van der Waals surface area contributed by atoms with Crippen LogP contribution in [0.5, 0.6) is 0 Å². The van der Waals surface area contributed by atoms with E-state index in [0.29, 0.717) is 19.8 Å². The maximum Gasteiger partial charge on any atom is 0.306 e. The summed E-state index contributed by atoms with van der Waals surface area (Å²) in [5.41, 5.74) is 0. The lowest BCUT2D eigenvalue weighted by molar-refractivity contribution is -0.145. The number of hydrogen-bond acceptors (Lipinski definition) is 3. The summed E-state index contributed by atoms with van der Waals surface area (Å²) in [6.07, 6.45) is 4.47. The summed E-state index contributed by atoms with van der Waals surface area (Å²) >= 11 is 0. The van der Waals surface area contributed by atoms with E-state index in [1.54, 1.807) is 0 Å². The molecule has 1 aliphatic heterocycles. The molecule has 5 heteroatoms. The van der Waals surface area contributed by atoms with Gasteiger partial charge in [0.2, 0.25) is 5.91 Å². The highest BCUT2D eigenvalue weighted by molar-refractivity contribution is 5.79. The van der Waals surface area contributed by atoms with Gasteiger partial charge in [-0.25, -0.2) is 0 Å². The third-order valence-electron chi connectivity index (χ3n) is 4.07. The second-order valence-corrected chi connectivity index (χ2v) is 5.29. The lowest BCUT2D eigenvalue weighted by Crippen LogP contribution is -2.39. The third kappa shape index (κ3) is 3.22. The Labute approximate surface area is 107 Å². The average Bonchev–Trinajstić information content (AvgIpc) is 2.90. The van der Waals surface area contributed by atoms with Crippen molar-refractivity contribution in [1.82, 2.24) is 5.32 Å². The van der Waals surface area contributed by atoms with Crippen molar-refractivity contribution in [3.8, 4) is 0 Å². The lowest BCUT2D eigenvalue weighted by atomic mass is 9.79. The van der Waals surface area contributed by atoms with Crippen molar-refractivity contribution in [2.45, 2.75) is 32.1 Å². The number of amides is 1. The van der Waals surface area contributed by atoms with E-state index < -0.39 is 5.97 Å². The standard InChI is InChI=1S/C13H21NO4/c15-12(10-5-6-18-8-10)14-7-9-3-1-2-4-11(9)13(16)17/h9-11H,1-8H2,(H,14,15)(H,16,17). The fraction of sp³-hybridized carbons (Fsp3) is 0.846. The summed E-state index contributed by atoms with van der Waals surface area (Å²) in [5.74, 6) is -0.960. The fourth-order valence-corrected chi connectivity index (χ4v) is 2.89. The molecule has 102 valence electrons. The van der Waals surface area contributed by atoms with Crippen LogP contribution in [0.2, 0.25) is 0 Å². The molecule has 2 N–H and O–H groups in total. The highest BCUT2D eigenvalue weighted by Gasteiger charge is 2.31. The zero-order chi connectivity index (χ0) is 13.0. The monoisotopic (exact) mass is 255 g/mol. The Morgan fingerprint density at radius 3 is 2.67 bits per heavy atom. The quantitative estimate of drug-likeness (QED) is 0.786. The highest BCUT2D eigenvalue weighted by Crippen LogP contribution is 2.29.